The van der Waals surface area contributed by atoms with Gasteiger partial charge in [-0.15, -0.1) is 5.10 Å². The van der Waals surface area contributed by atoms with Gasteiger partial charge in [-0.05, 0) is 29.7 Å². The van der Waals surface area contributed by atoms with Gasteiger partial charge in [0.1, 0.15) is 12.4 Å². The van der Waals surface area contributed by atoms with Crippen molar-refractivity contribution in [3.63, 3.8) is 0 Å². The van der Waals surface area contributed by atoms with E-state index in [0.29, 0.717) is 15.6 Å². The maximum atomic E-state index is 10.8. The zero-order chi connectivity index (χ0) is 12.3. The van der Waals surface area contributed by atoms with Gasteiger partial charge < -0.3 is 9.84 Å². The number of benzene rings is 1. The molecule has 17 heavy (non-hydrogen) atoms. The van der Waals surface area contributed by atoms with Crippen LogP contribution in [0, 0.1) is 0 Å². The lowest BCUT2D eigenvalue weighted by Gasteiger charge is -2.04. The maximum absolute atomic E-state index is 10.8. The van der Waals surface area contributed by atoms with Crippen LogP contribution >= 0.6 is 23.1 Å². The molecule has 0 unspecified atom stereocenters. The second kappa shape index (κ2) is 5.11. The molecule has 1 aromatic heterocycles. The van der Waals surface area contributed by atoms with Crippen LogP contribution in [0.3, 0.4) is 0 Å². The molecule has 0 atom stereocenters. The quantitative estimate of drug-likeness (QED) is 0.924. The number of rotatable bonds is 4. The van der Waals surface area contributed by atoms with Gasteiger partial charge in [0, 0.05) is 5.02 Å². The average molecular weight is 271 g/mol. The van der Waals surface area contributed by atoms with Gasteiger partial charge in [-0.1, -0.05) is 22.2 Å². The molecule has 0 aliphatic carbocycles. The van der Waals surface area contributed by atoms with Crippen LogP contribution < -0.4 is 4.74 Å². The number of carboxylic acid groups (broad SMARTS) is 1. The molecule has 1 N–H and O–H groups in total. The monoisotopic (exact) mass is 270 g/mol. The summed E-state index contributed by atoms with van der Waals surface area (Å²) in [6.45, 7) is 0.111. The van der Waals surface area contributed by atoms with E-state index in [-0.39, 0.29) is 12.3 Å². The zero-order valence-corrected chi connectivity index (χ0v) is 10.0. The summed E-state index contributed by atoms with van der Waals surface area (Å²) in [4.78, 5) is 11.2. The molecule has 0 spiro atoms. The first-order valence-electron chi connectivity index (χ1n) is 4.59. The number of carbonyl (C=O) groups is 1. The molecular weight excluding hydrogens is 264 g/mol. The third-order valence-corrected chi connectivity index (χ3v) is 2.85. The third-order valence-electron chi connectivity index (χ3n) is 1.92. The summed E-state index contributed by atoms with van der Waals surface area (Å²) in [6.07, 6.45) is 0. The van der Waals surface area contributed by atoms with Crippen molar-refractivity contribution < 1.29 is 14.6 Å². The van der Waals surface area contributed by atoms with Crippen molar-refractivity contribution in [1.29, 1.82) is 0 Å². The third kappa shape index (κ3) is 2.92. The van der Waals surface area contributed by atoms with Crippen LogP contribution in [0.5, 0.6) is 5.75 Å². The van der Waals surface area contributed by atoms with Crippen LogP contribution in [0.2, 0.25) is 5.02 Å². The lowest BCUT2D eigenvalue weighted by atomic mass is 10.3. The van der Waals surface area contributed by atoms with Gasteiger partial charge >= 0.3 is 5.97 Å². The molecule has 0 bridgehead atoms. The second-order valence-corrected chi connectivity index (χ2v) is 4.37. The number of nitrogens with zero attached hydrogens (tertiary/aromatic N) is 2. The van der Waals surface area contributed by atoms with E-state index in [0.717, 1.165) is 11.5 Å². The Morgan fingerprint density at radius 1 is 1.53 bits per heavy atom. The topological polar surface area (TPSA) is 72.3 Å². The number of ether oxygens (including phenoxy) is 1. The Kier molecular flexibility index (Phi) is 3.55. The van der Waals surface area contributed by atoms with Gasteiger partial charge in [-0.25, -0.2) is 4.79 Å². The van der Waals surface area contributed by atoms with E-state index in [1.54, 1.807) is 24.3 Å². The molecule has 0 radical (unpaired) electrons. The standard InChI is InChI=1S/C10H7ClN2O3S/c11-6-2-1-3-7(4-6)16-5-8-9(10(14)15)12-13-17-8/h1-4H,5H2,(H,14,15). The number of hydrogen-bond donors (Lipinski definition) is 1. The number of hydrogen-bond acceptors (Lipinski definition) is 5. The summed E-state index contributed by atoms with van der Waals surface area (Å²) in [5.41, 5.74) is -0.0722. The first kappa shape index (κ1) is 11.8. The predicted octanol–water partition coefficient (Wildman–Crippen LogP) is 2.47. The summed E-state index contributed by atoms with van der Waals surface area (Å²) in [5, 5.41) is 12.9. The van der Waals surface area contributed by atoms with Crippen molar-refractivity contribution >= 4 is 29.1 Å². The number of aromatic carboxylic acids is 1. The minimum absolute atomic E-state index is 0.0722. The van der Waals surface area contributed by atoms with Gasteiger partial charge in [0.05, 0.1) is 4.88 Å². The van der Waals surface area contributed by atoms with Crippen LogP contribution in [-0.4, -0.2) is 20.7 Å². The Morgan fingerprint density at radius 2 is 2.35 bits per heavy atom. The molecule has 2 aromatic rings. The van der Waals surface area contributed by atoms with Gasteiger partial charge in [0.25, 0.3) is 0 Å². The highest BCUT2D eigenvalue weighted by atomic mass is 35.5. The first-order chi connectivity index (χ1) is 8.16. The fourth-order valence-corrected chi connectivity index (χ4v) is 1.90. The molecule has 0 saturated heterocycles. The molecule has 0 amide bonds. The SMILES string of the molecule is O=C(O)c1nnsc1COc1cccc(Cl)c1. The van der Waals surface area contributed by atoms with E-state index in [9.17, 15) is 4.79 Å². The van der Waals surface area contributed by atoms with E-state index in [1.807, 2.05) is 0 Å². The molecule has 7 heteroatoms. The van der Waals surface area contributed by atoms with Crippen LogP contribution in [0.15, 0.2) is 24.3 Å². The first-order valence-corrected chi connectivity index (χ1v) is 5.75. The summed E-state index contributed by atoms with van der Waals surface area (Å²) < 4.78 is 8.98. The smallest absolute Gasteiger partial charge is 0.357 e. The highest BCUT2D eigenvalue weighted by Gasteiger charge is 2.15. The van der Waals surface area contributed by atoms with Crippen molar-refractivity contribution in [3.05, 3.63) is 39.9 Å². The molecule has 0 saturated carbocycles. The Bertz CT molecular complexity index is 544. The summed E-state index contributed by atoms with van der Waals surface area (Å²) in [6, 6.07) is 6.86. The highest BCUT2D eigenvalue weighted by molar-refractivity contribution is 7.05. The molecule has 0 aliphatic heterocycles. The molecule has 0 fully saturated rings. The molecule has 1 aromatic carbocycles. The predicted molar refractivity (Wildman–Crippen MR) is 62.7 cm³/mol. The zero-order valence-electron chi connectivity index (χ0n) is 8.46. The van der Waals surface area contributed by atoms with Crippen molar-refractivity contribution in [2.45, 2.75) is 6.61 Å². The highest BCUT2D eigenvalue weighted by Crippen LogP contribution is 2.20. The molecule has 88 valence electrons. The lowest BCUT2D eigenvalue weighted by molar-refractivity contribution is 0.0687. The van der Waals surface area contributed by atoms with Crippen molar-refractivity contribution in [1.82, 2.24) is 9.59 Å². The van der Waals surface area contributed by atoms with Crippen LogP contribution in [0.1, 0.15) is 15.4 Å². The second-order valence-electron chi connectivity index (χ2n) is 3.10. The Hall–Kier alpha value is -1.66. The number of aromatic nitrogens is 2. The van der Waals surface area contributed by atoms with Crippen LogP contribution in [0.25, 0.3) is 0 Å². The Morgan fingerprint density at radius 3 is 3.06 bits per heavy atom. The van der Waals surface area contributed by atoms with E-state index >= 15 is 0 Å². The summed E-state index contributed by atoms with van der Waals surface area (Å²) in [5.74, 6) is -0.536. The van der Waals surface area contributed by atoms with E-state index in [4.69, 9.17) is 21.4 Å². The van der Waals surface area contributed by atoms with Gasteiger partial charge in [-0.3, -0.25) is 0 Å². The normalized spacial score (nSPS) is 10.2. The Balaban J connectivity index is 2.07. The van der Waals surface area contributed by atoms with Gasteiger partial charge in [-0.2, -0.15) is 0 Å². The lowest BCUT2D eigenvalue weighted by Crippen LogP contribution is -2.03. The molecule has 2 rings (SSSR count). The van der Waals surface area contributed by atoms with E-state index in [1.165, 1.54) is 0 Å². The van der Waals surface area contributed by atoms with Crippen LogP contribution in [0.4, 0.5) is 0 Å². The molecular formula is C10H7ClN2O3S. The van der Waals surface area contributed by atoms with E-state index < -0.39 is 5.97 Å². The van der Waals surface area contributed by atoms with Gasteiger partial charge in [0.2, 0.25) is 0 Å². The fourth-order valence-electron chi connectivity index (χ4n) is 1.17. The number of carboxylic acids is 1. The van der Waals surface area contributed by atoms with Crippen molar-refractivity contribution in [2.24, 2.45) is 0 Å². The fraction of sp³-hybridized carbons (Fsp3) is 0.100. The van der Waals surface area contributed by atoms with Crippen molar-refractivity contribution in [2.75, 3.05) is 0 Å². The number of halogens is 1. The summed E-state index contributed by atoms with van der Waals surface area (Å²) in [7, 11) is 0. The maximum Gasteiger partial charge on any atom is 0.357 e. The minimum Gasteiger partial charge on any atom is -0.488 e. The summed E-state index contributed by atoms with van der Waals surface area (Å²) >= 11 is 6.79. The largest absolute Gasteiger partial charge is 0.488 e. The molecule has 5 nitrogen and oxygen atoms in total. The Labute approximate surface area is 106 Å². The van der Waals surface area contributed by atoms with E-state index in [2.05, 4.69) is 9.59 Å². The van der Waals surface area contributed by atoms with Crippen LogP contribution in [-0.2, 0) is 6.61 Å². The minimum atomic E-state index is -1.11. The van der Waals surface area contributed by atoms with Crippen molar-refractivity contribution in [3.8, 4) is 5.75 Å². The van der Waals surface area contributed by atoms with Gasteiger partial charge in [0.15, 0.2) is 5.69 Å². The average Bonchev–Trinajstić information content (AvgIpc) is 2.74. The molecule has 1 heterocycles. The molecule has 0 aliphatic rings.